The minimum Gasteiger partial charge on any atom is -0.343 e. The summed E-state index contributed by atoms with van der Waals surface area (Å²) >= 11 is 0. The van der Waals surface area contributed by atoms with E-state index in [1.807, 2.05) is 18.7 Å². The van der Waals surface area contributed by atoms with Gasteiger partial charge in [0.2, 0.25) is 5.91 Å². The summed E-state index contributed by atoms with van der Waals surface area (Å²) in [4.78, 5) is 13.9. The SMILES string of the molecule is CC(C)(C#N)CCCCNCCC(=O)N1CCCCC1. The van der Waals surface area contributed by atoms with Crippen molar-refractivity contribution in [3.8, 4) is 6.07 Å². The molecule has 0 radical (unpaired) electrons. The standard InChI is InChI=1S/C16H29N3O/c1-16(2,14-17)9-4-5-10-18-11-8-15(20)19-12-6-3-7-13-19/h18H,3-13H2,1-2H3. The van der Waals surface area contributed by atoms with E-state index in [9.17, 15) is 4.79 Å². The molecule has 1 N–H and O–H groups in total. The van der Waals surface area contributed by atoms with Crippen LogP contribution in [0.25, 0.3) is 0 Å². The third-order valence-corrected chi connectivity index (χ3v) is 3.93. The summed E-state index contributed by atoms with van der Waals surface area (Å²) in [5, 5.41) is 12.2. The molecular weight excluding hydrogens is 250 g/mol. The van der Waals surface area contributed by atoms with Crippen LogP contribution in [0.1, 0.15) is 58.8 Å². The highest BCUT2D eigenvalue weighted by Gasteiger charge is 2.16. The summed E-state index contributed by atoms with van der Waals surface area (Å²) in [6.07, 6.45) is 7.28. The Bertz CT molecular complexity index is 327. The van der Waals surface area contributed by atoms with Crippen LogP contribution in [0.3, 0.4) is 0 Å². The molecule has 0 atom stereocenters. The maximum Gasteiger partial charge on any atom is 0.223 e. The first-order chi connectivity index (χ1) is 9.55. The molecule has 0 spiro atoms. The van der Waals surface area contributed by atoms with Crippen LogP contribution in [0.4, 0.5) is 0 Å². The number of nitrogens with zero attached hydrogens (tertiary/aromatic N) is 2. The summed E-state index contributed by atoms with van der Waals surface area (Å²) in [5.41, 5.74) is -0.204. The molecule has 1 saturated heterocycles. The fourth-order valence-corrected chi connectivity index (χ4v) is 2.49. The molecule has 0 aromatic rings. The first kappa shape index (κ1) is 17.0. The van der Waals surface area contributed by atoms with Crippen LogP contribution in [0.2, 0.25) is 0 Å². The van der Waals surface area contributed by atoms with Crippen LogP contribution >= 0.6 is 0 Å². The van der Waals surface area contributed by atoms with Crippen molar-refractivity contribution in [1.82, 2.24) is 10.2 Å². The molecule has 4 nitrogen and oxygen atoms in total. The quantitative estimate of drug-likeness (QED) is 0.695. The summed E-state index contributed by atoms with van der Waals surface area (Å²) < 4.78 is 0. The van der Waals surface area contributed by atoms with Crippen molar-refractivity contribution < 1.29 is 4.79 Å². The molecule has 0 bridgehead atoms. The number of unbranched alkanes of at least 4 members (excludes halogenated alkanes) is 1. The molecule has 0 aromatic carbocycles. The highest BCUT2D eigenvalue weighted by Crippen LogP contribution is 2.21. The zero-order valence-corrected chi connectivity index (χ0v) is 13.1. The van der Waals surface area contributed by atoms with E-state index in [2.05, 4.69) is 11.4 Å². The van der Waals surface area contributed by atoms with Gasteiger partial charge in [-0.05, 0) is 52.5 Å². The molecule has 1 aliphatic heterocycles. The zero-order valence-electron chi connectivity index (χ0n) is 13.1. The first-order valence-electron chi connectivity index (χ1n) is 7.95. The molecular formula is C16H29N3O. The molecule has 4 heteroatoms. The summed E-state index contributed by atoms with van der Waals surface area (Å²) in [6.45, 7) is 7.57. The van der Waals surface area contributed by atoms with Gasteiger partial charge in [-0.3, -0.25) is 4.79 Å². The van der Waals surface area contributed by atoms with E-state index in [4.69, 9.17) is 5.26 Å². The van der Waals surface area contributed by atoms with E-state index in [1.54, 1.807) is 0 Å². The number of carbonyl (C=O) groups excluding carboxylic acids is 1. The lowest BCUT2D eigenvalue weighted by molar-refractivity contribution is -0.131. The zero-order chi connectivity index (χ0) is 14.8. The highest BCUT2D eigenvalue weighted by atomic mass is 16.2. The topological polar surface area (TPSA) is 56.1 Å². The smallest absolute Gasteiger partial charge is 0.223 e. The predicted octanol–water partition coefficient (Wildman–Crippen LogP) is 2.70. The average Bonchev–Trinajstić information content (AvgIpc) is 2.47. The highest BCUT2D eigenvalue weighted by molar-refractivity contribution is 5.76. The van der Waals surface area contributed by atoms with E-state index in [1.165, 1.54) is 6.42 Å². The van der Waals surface area contributed by atoms with Gasteiger partial charge in [0.25, 0.3) is 0 Å². The molecule has 114 valence electrons. The Morgan fingerprint density at radius 2 is 1.90 bits per heavy atom. The Morgan fingerprint density at radius 3 is 2.55 bits per heavy atom. The lowest BCUT2D eigenvalue weighted by atomic mass is 9.89. The third kappa shape index (κ3) is 6.91. The summed E-state index contributed by atoms with van der Waals surface area (Å²) in [6, 6.07) is 2.32. The Balaban J connectivity index is 1.97. The van der Waals surface area contributed by atoms with Gasteiger partial charge in [0.05, 0.1) is 11.5 Å². The first-order valence-corrected chi connectivity index (χ1v) is 7.95. The second-order valence-electron chi connectivity index (χ2n) is 6.39. The largest absolute Gasteiger partial charge is 0.343 e. The number of nitriles is 1. The number of amides is 1. The molecule has 0 unspecified atom stereocenters. The summed E-state index contributed by atoms with van der Waals surface area (Å²) in [7, 11) is 0. The number of hydrogen-bond acceptors (Lipinski definition) is 3. The van der Waals surface area contributed by atoms with Crippen molar-refractivity contribution in [2.45, 2.75) is 58.8 Å². The average molecular weight is 279 g/mol. The van der Waals surface area contributed by atoms with Crippen molar-refractivity contribution in [3.63, 3.8) is 0 Å². The monoisotopic (exact) mass is 279 g/mol. The maximum absolute atomic E-state index is 11.9. The van der Waals surface area contributed by atoms with Gasteiger partial charge in [-0.2, -0.15) is 5.26 Å². The molecule has 0 saturated carbocycles. The van der Waals surface area contributed by atoms with Crippen LogP contribution in [-0.4, -0.2) is 37.0 Å². The second-order valence-corrected chi connectivity index (χ2v) is 6.39. The van der Waals surface area contributed by atoms with Crippen molar-refractivity contribution >= 4 is 5.91 Å². The Hall–Kier alpha value is -1.08. The molecule has 1 amide bonds. The molecule has 1 aliphatic rings. The van der Waals surface area contributed by atoms with Crippen LogP contribution in [0, 0.1) is 16.7 Å². The maximum atomic E-state index is 11.9. The van der Waals surface area contributed by atoms with Gasteiger partial charge in [0, 0.05) is 26.1 Å². The van der Waals surface area contributed by atoms with E-state index in [-0.39, 0.29) is 5.41 Å². The molecule has 0 aliphatic carbocycles. The van der Waals surface area contributed by atoms with Crippen LogP contribution in [0.15, 0.2) is 0 Å². The Kier molecular flexibility index (Phi) is 7.61. The summed E-state index contributed by atoms with van der Waals surface area (Å²) in [5.74, 6) is 0.294. The van der Waals surface area contributed by atoms with Gasteiger partial charge in [0.1, 0.15) is 0 Å². The normalized spacial score (nSPS) is 15.9. The van der Waals surface area contributed by atoms with Crippen molar-refractivity contribution in [3.05, 3.63) is 0 Å². The van der Waals surface area contributed by atoms with Crippen LogP contribution in [0.5, 0.6) is 0 Å². The molecule has 1 fully saturated rings. The van der Waals surface area contributed by atoms with E-state index in [0.717, 1.165) is 58.3 Å². The minimum atomic E-state index is -0.204. The van der Waals surface area contributed by atoms with Gasteiger partial charge < -0.3 is 10.2 Å². The number of nitrogens with one attached hydrogen (secondary N) is 1. The van der Waals surface area contributed by atoms with Crippen molar-refractivity contribution in [2.75, 3.05) is 26.2 Å². The minimum absolute atomic E-state index is 0.204. The van der Waals surface area contributed by atoms with Gasteiger partial charge in [-0.15, -0.1) is 0 Å². The Labute approximate surface area is 123 Å². The fraction of sp³-hybridized carbons (Fsp3) is 0.875. The fourth-order valence-electron chi connectivity index (χ4n) is 2.49. The van der Waals surface area contributed by atoms with E-state index in [0.29, 0.717) is 12.3 Å². The van der Waals surface area contributed by atoms with Crippen molar-refractivity contribution in [2.24, 2.45) is 5.41 Å². The number of carbonyl (C=O) groups is 1. The van der Waals surface area contributed by atoms with Crippen LogP contribution < -0.4 is 5.32 Å². The second kappa shape index (κ2) is 8.97. The van der Waals surface area contributed by atoms with E-state index < -0.39 is 0 Å². The predicted molar refractivity (Wildman–Crippen MR) is 81.2 cm³/mol. The number of hydrogen-bond donors (Lipinski definition) is 1. The number of piperidine rings is 1. The lowest BCUT2D eigenvalue weighted by Crippen LogP contribution is -2.37. The van der Waals surface area contributed by atoms with Crippen molar-refractivity contribution in [1.29, 1.82) is 5.26 Å². The van der Waals surface area contributed by atoms with Crippen LogP contribution in [-0.2, 0) is 4.79 Å². The lowest BCUT2D eigenvalue weighted by Gasteiger charge is -2.26. The van der Waals surface area contributed by atoms with Gasteiger partial charge >= 0.3 is 0 Å². The van der Waals surface area contributed by atoms with Gasteiger partial charge in [-0.1, -0.05) is 6.42 Å². The van der Waals surface area contributed by atoms with Gasteiger partial charge in [-0.25, -0.2) is 0 Å². The Morgan fingerprint density at radius 1 is 1.20 bits per heavy atom. The third-order valence-electron chi connectivity index (χ3n) is 3.93. The molecule has 20 heavy (non-hydrogen) atoms. The molecule has 0 aromatic heterocycles. The molecule has 1 rings (SSSR count). The molecule has 1 heterocycles. The number of likely N-dealkylation sites (tertiary alicyclic amines) is 1. The number of rotatable bonds is 8. The van der Waals surface area contributed by atoms with E-state index >= 15 is 0 Å². The van der Waals surface area contributed by atoms with Gasteiger partial charge in [0.15, 0.2) is 0 Å².